The molecule has 0 aromatic heterocycles. The Morgan fingerprint density at radius 1 is 1.17 bits per heavy atom. The second kappa shape index (κ2) is 9.82. The van der Waals surface area contributed by atoms with E-state index in [2.05, 4.69) is 5.32 Å². The number of benzene rings is 1. The number of nitrogens with one attached hydrogen (secondary N) is 1. The van der Waals surface area contributed by atoms with Gasteiger partial charge in [-0.05, 0) is 32.9 Å². The highest BCUT2D eigenvalue weighted by atomic mass is 16.6. The molecule has 2 heterocycles. The van der Waals surface area contributed by atoms with E-state index in [1.165, 1.54) is 0 Å². The summed E-state index contributed by atoms with van der Waals surface area (Å²) >= 11 is 0. The summed E-state index contributed by atoms with van der Waals surface area (Å²) in [5.41, 5.74) is 2.07. The van der Waals surface area contributed by atoms with Crippen molar-refractivity contribution in [1.29, 1.82) is 0 Å². The van der Waals surface area contributed by atoms with Gasteiger partial charge in [0.15, 0.2) is 0 Å². The van der Waals surface area contributed by atoms with Crippen LogP contribution in [0.15, 0.2) is 12.1 Å². The Kier molecular flexibility index (Phi) is 7.19. The Morgan fingerprint density at radius 3 is 2.62 bits per heavy atom. The lowest BCUT2D eigenvalue weighted by atomic mass is 10.1. The molecular weight excluding hydrogens is 374 g/mol. The first kappa shape index (κ1) is 21.2. The maximum atomic E-state index is 12.4. The summed E-state index contributed by atoms with van der Waals surface area (Å²) in [6, 6.07) is 4.00. The van der Waals surface area contributed by atoms with E-state index in [1.54, 1.807) is 11.8 Å². The van der Waals surface area contributed by atoms with Gasteiger partial charge in [0.2, 0.25) is 5.91 Å². The zero-order valence-electron chi connectivity index (χ0n) is 17.5. The van der Waals surface area contributed by atoms with E-state index in [-0.39, 0.29) is 18.1 Å². The van der Waals surface area contributed by atoms with Crippen LogP contribution in [0, 0.1) is 0 Å². The van der Waals surface area contributed by atoms with Crippen LogP contribution in [-0.2, 0) is 22.5 Å². The third kappa shape index (κ3) is 5.53. The van der Waals surface area contributed by atoms with Gasteiger partial charge in [-0.15, -0.1) is 0 Å². The molecule has 3 rings (SSSR count). The van der Waals surface area contributed by atoms with Crippen LogP contribution in [0.4, 0.5) is 4.79 Å². The molecule has 0 radical (unpaired) electrons. The Balaban J connectivity index is 1.50. The van der Waals surface area contributed by atoms with Crippen molar-refractivity contribution in [2.75, 3.05) is 45.9 Å². The fourth-order valence-corrected chi connectivity index (χ4v) is 3.67. The number of carbonyl (C=O) groups is 2. The number of nitrogens with zero attached hydrogens (tertiary/aromatic N) is 2. The molecule has 0 bridgehead atoms. The standard InChI is InChI=1S/C21H31N3O5/c1-4-27-18-11-16-10-15(3)29-19(16)12-17(18)13-22-20(25)14-23-6-8-24(9-7-23)21(26)28-5-2/h11-12,15H,4-10,13-14H2,1-3H3,(H,22,25)/t15-/m0/s1. The van der Waals surface area contributed by atoms with Crippen LogP contribution in [0.1, 0.15) is 31.9 Å². The van der Waals surface area contributed by atoms with Crippen LogP contribution in [0.2, 0.25) is 0 Å². The van der Waals surface area contributed by atoms with Crippen LogP contribution in [0.3, 0.4) is 0 Å². The molecule has 0 spiro atoms. The highest BCUT2D eigenvalue weighted by molar-refractivity contribution is 5.78. The smallest absolute Gasteiger partial charge is 0.409 e. The minimum Gasteiger partial charge on any atom is -0.494 e. The molecule has 2 aliphatic rings. The van der Waals surface area contributed by atoms with Crippen LogP contribution < -0.4 is 14.8 Å². The van der Waals surface area contributed by atoms with Crippen molar-refractivity contribution in [3.63, 3.8) is 0 Å². The minimum atomic E-state index is -0.284. The van der Waals surface area contributed by atoms with E-state index >= 15 is 0 Å². The number of hydrogen-bond donors (Lipinski definition) is 1. The molecule has 2 amide bonds. The summed E-state index contributed by atoms with van der Waals surface area (Å²) in [7, 11) is 0. The van der Waals surface area contributed by atoms with E-state index in [9.17, 15) is 9.59 Å². The maximum absolute atomic E-state index is 12.4. The summed E-state index contributed by atoms with van der Waals surface area (Å²) in [4.78, 5) is 27.9. The van der Waals surface area contributed by atoms with E-state index in [0.29, 0.717) is 52.5 Å². The SMILES string of the molecule is CCOC(=O)N1CCN(CC(=O)NCc2cc3c(cc2OCC)C[C@H](C)O3)CC1. The van der Waals surface area contributed by atoms with Crippen molar-refractivity contribution in [1.82, 2.24) is 15.1 Å². The Labute approximate surface area is 172 Å². The first-order valence-corrected chi connectivity index (χ1v) is 10.4. The fourth-order valence-electron chi connectivity index (χ4n) is 3.67. The van der Waals surface area contributed by atoms with Crippen molar-refractivity contribution in [3.8, 4) is 11.5 Å². The molecule has 8 nitrogen and oxygen atoms in total. The second-order valence-corrected chi connectivity index (χ2v) is 7.37. The van der Waals surface area contributed by atoms with Gasteiger partial charge < -0.3 is 24.4 Å². The van der Waals surface area contributed by atoms with E-state index < -0.39 is 0 Å². The van der Waals surface area contributed by atoms with Gasteiger partial charge in [-0.2, -0.15) is 0 Å². The lowest BCUT2D eigenvalue weighted by Gasteiger charge is -2.33. The maximum Gasteiger partial charge on any atom is 0.409 e. The van der Waals surface area contributed by atoms with Gasteiger partial charge >= 0.3 is 6.09 Å². The zero-order chi connectivity index (χ0) is 20.8. The molecule has 160 valence electrons. The van der Waals surface area contributed by atoms with Crippen LogP contribution in [0.5, 0.6) is 11.5 Å². The van der Waals surface area contributed by atoms with E-state index in [0.717, 1.165) is 29.0 Å². The van der Waals surface area contributed by atoms with Crippen molar-refractivity contribution >= 4 is 12.0 Å². The number of hydrogen-bond acceptors (Lipinski definition) is 6. The normalized spacial score (nSPS) is 18.7. The summed E-state index contributed by atoms with van der Waals surface area (Å²) in [6.45, 7) is 9.88. The topological polar surface area (TPSA) is 80.3 Å². The lowest BCUT2D eigenvalue weighted by molar-refractivity contribution is -0.122. The molecule has 8 heteroatoms. The van der Waals surface area contributed by atoms with E-state index in [1.807, 2.05) is 30.9 Å². The average Bonchev–Trinajstić information content (AvgIpc) is 3.06. The van der Waals surface area contributed by atoms with Crippen LogP contribution >= 0.6 is 0 Å². The first-order valence-electron chi connectivity index (χ1n) is 10.4. The molecule has 0 aliphatic carbocycles. The molecule has 0 saturated carbocycles. The molecule has 29 heavy (non-hydrogen) atoms. The number of carbonyl (C=O) groups excluding carboxylic acids is 2. The predicted octanol–water partition coefficient (Wildman–Crippen LogP) is 1.80. The number of rotatable bonds is 7. The van der Waals surface area contributed by atoms with Crippen LogP contribution in [-0.4, -0.2) is 73.8 Å². The molecule has 0 unspecified atom stereocenters. The molecule has 1 N–H and O–H groups in total. The molecule has 1 saturated heterocycles. The molecular formula is C21H31N3O5. The Morgan fingerprint density at radius 2 is 1.93 bits per heavy atom. The van der Waals surface area contributed by atoms with Crippen molar-refractivity contribution in [3.05, 3.63) is 23.3 Å². The Hall–Kier alpha value is -2.48. The van der Waals surface area contributed by atoms with Crippen molar-refractivity contribution in [2.24, 2.45) is 0 Å². The van der Waals surface area contributed by atoms with Crippen LogP contribution in [0.25, 0.3) is 0 Å². The lowest BCUT2D eigenvalue weighted by Crippen LogP contribution is -2.51. The zero-order valence-corrected chi connectivity index (χ0v) is 17.5. The average molecular weight is 405 g/mol. The number of amides is 2. The predicted molar refractivity (Wildman–Crippen MR) is 108 cm³/mol. The number of piperazine rings is 1. The monoisotopic (exact) mass is 405 g/mol. The van der Waals surface area contributed by atoms with E-state index in [4.69, 9.17) is 14.2 Å². The minimum absolute atomic E-state index is 0.0492. The van der Waals surface area contributed by atoms with Crippen molar-refractivity contribution in [2.45, 2.75) is 39.8 Å². The van der Waals surface area contributed by atoms with Gasteiger partial charge in [-0.3, -0.25) is 9.69 Å². The summed E-state index contributed by atoms with van der Waals surface area (Å²) in [5, 5.41) is 2.98. The number of fused-ring (bicyclic) bond motifs is 1. The third-order valence-electron chi connectivity index (χ3n) is 5.12. The van der Waals surface area contributed by atoms with Gasteiger partial charge in [0.05, 0.1) is 19.8 Å². The van der Waals surface area contributed by atoms with Gasteiger partial charge in [0, 0.05) is 50.3 Å². The summed E-state index contributed by atoms with van der Waals surface area (Å²) in [5.74, 6) is 1.62. The second-order valence-electron chi connectivity index (χ2n) is 7.37. The van der Waals surface area contributed by atoms with Gasteiger partial charge in [-0.25, -0.2) is 4.79 Å². The van der Waals surface area contributed by atoms with Gasteiger partial charge in [0.25, 0.3) is 0 Å². The summed E-state index contributed by atoms with van der Waals surface area (Å²) in [6.07, 6.45) is 0.755. The molecule has 1 fully saturated rings. The third-order valence-corrected chi connectivity index (χ3v) is 5.12. The number of ether oxygens (including phenoxy) is 3. The highest BCUT2D eigenvalue weighted by Gasteiger charge is 2.24. The molecule has 1 atom stereocenters. The molecule has 1 aromatic rings. The van der Waals surface area contributed by atoms with Gasteiger partial charge in [0.1, 0.15) is 17.6 Å². The molecule has 2 aliphatic heterocycles. The summed E-state index contributed by atoms with van der Waals surface area (Å²) < 4.78 is 16.6. The molecule has 1 aromatic carbocycles. The highest BCUT2D eigenvalue weighted by Crippen LogP contribution is 2.35. The van der Waals surface area contributed by atoms with Gasteiger partial charge in [-0.1, -0.05) is 0 Å². The Bertz CT molecular complexity index is 731. The van der Waals surface area contributed by atoms with Crippen molar-refractivity contribution < 1.29 is 23.8 Å². The fraction of sp³-hybridized carbons (Fsp3) is 0.619. The first-order chi connectivity index (χ1) is 14.0. The quantitative estimate of drug-likeness (QED) is 0.745. The largest absolute Gasteiger partial charge is 0.494 e.